The van der Waals surface area contributed by atoms with Crippen molar-refractivity contribution in [1.82, 2.24) is 14.8 Å². The van der Waals surface area contributed by atoms with Gasteiger partial charge in [-0.15, -0.1) is 10.2 Å². The molecular formula is C25H24N4O2S. The third-order valence-electron chi connectivity index (χ3n) is 4.99. The fraction of sp³-hybridized carbons (Fsp3) is 0.160. The Hall–Kier alpha value is -3.58. The van der Waals surface area contributed by atoms with Crippen LogP contribution in [0.3, 0.4) is 0 Å². The second-order valence-corrected chi connectivity index (χ2v) is 8.30. The minimum Gasteiger partial charge on any atom is -0.497 e. The van der Waals surface area contributed by atoms with E-state index in [1.807, 2.05) is 78.2 Å². The van der Waals surface area contributed by atoms with Crippen LogP contribution < -0.4 is 10.1 Å². The molecule has 1 N–H and O–H groups in total. The number of anilines is 1. The van der Waals surface area contributed by atoms with Gasteiger partial charge in [-0.25, -0.2) is 0 Å². The van der Waals surface area contributed by atoms with Gasteiger partial charge in [-0.1, -0.05) is 78.5 Å². The first-order chi connectivity index (χ1) is 15.6. The van der Waals surface area contributed by atoms with Crippen LogP contribution in [-0.2, 0) is 11.3 Å². The van der Waals surface area contributed by atoms with Crippen LogP contribution in [-0.4, -0.2) is 27.8 Å². The van der Waals surface area contributed by atoms with Crippen molar-refractivity contribution < 1.29 is 9.53 Å². The van der Waals surface area contributed by atoms with Crippen molar-refractivity contribution in [3.05, 3.63) is 102 Å². The Morgan fingerprint density at radius 2 is 1.72 bits per heavy atom. The number of carbonyl (C=O) groups excluding carboxylic acids is 1. The fourth-order valence-corrected chi connectivity index (χ4v) is 4.39. The van der Waals surface area contributed by atoms with E-state index in [9.17, 15) is 4.79 Å². The molecule has 0 aliphatic rings. The Morgan fingerprint density at radius 3 is 2.44 bits per heavy atom. The summed E-state index contributed by atoms with van der Waals surface area (Å²) in [5, 5.41) is 11.8. The number of benzene rings is 3. The third-order valence-corrected chi connectivity index (χ3v) is 6.22. The number of aryl methyl sites for hydroxylation is 1. The number of nitrogens with zero attached hydrogens (tertiary/aromatic N) is 3. The summed E-state index contributed by atoms with van der Waals surface area (Å²) >= 11 is 1.39. The van der Waals surface area contributed by atoms with Crippen LogP contribution in [0.25, 0.3) is 0 Å². The second-order valence-electron chi connectivity index (χ2n) is 7.23. The number of ether oxygens (including phenoxy) is 1. The highest BCUT2D eigenvalue weighted by Crippen LogP contribution is 2.36. The molecule has 0 bridgehead atoms. The summed E-state index contributed by atoms with van der Waals surface area (Å²) in [6, 6.07) is 27.2. The second kappa shape index (κ2) is 10.2. The number of rotatable bonds is 8. The molecule has 162 valence electrons. The highest BCUT2D eigenvalue weighted by molar-refractivity contribution is 8.00. The Labute approximate surface area is 191 Å². The summed E-state index contributed by atoms with van der Waals surface area (Å²) in [5.41, 5.74) is 2.72. The molecule has 0 saturated carbocycles. The van der Waals surface area contributed by atoms with Crippen molar-refractivity contribution in [3.8, 4) is 5.75 Å². The molecule has 32 heavy (non-hydrogen) atoms. The number of amides is 1. The lowest BCUT2D eigenvalue weighted by atomic mass is 10.1. The summed E-state index contributed by atoms with van der Waals surface area (Å²) in [6.07, 6.45) is 0. The van der Waals surface area contributed by atoms with Gasteiger partial charge in [-0.2, -0.15) is 0 Å². The molecule has 0 fully saturated rings. The Morgan fingerprint density at radius 1 is 1.00 bits per heavy atom. The van der Waals surface area contributed by atoms with E-state index < -0.39 is 5.25 Å². The zero-order valence-electron chi connectivity index (χ0n) is 17.9. The molecule has 0 radical (unpaired) electrons. The van der Waals surface area contributed by atoms with Gasteiger partial charge in [0.15, 0.2) is 5.16 Å². The van der Waals surface area contributed by atoms with Crippen LogP contribution in [0.5, 0.6) is 5.75 Å². The molecule has 0 spiro atoms. The van der Waals surface area contributed by atoms with E-state index in [1.165, 1.54) is 11.8 Å². The monoisotopic (exact) mass is 444 g/mol. The molecule has 1 unspecified atom stereocenters. The maximum atomic E-state index is 13.4. The van der Waals surface area contributed by atoms with Gasteiger partial charge in [0, 0.05) is 11.8 Å². The number of hydrogen-bond acceptors (Lipinski definition) is 5. The van der Waals surface area contributed by atoms with Gasteiger partial charge in [-0.05, 0) is 30.2 Å². The molecule has 1 heterocycles. The van der Waals surface area contributed by atoms with Gasteiger partial charge >= 0.3 is 0 Å². The number of carbonyl (C=O) groups is 1. The molecule has 1 aromatic heterocycles. The summed E-state index contributed by atoms with van der Waals surface area (Å²) < 4.78 is 7.31. The van der Waals surface area contributed by atoms with E-state index in [0.29, 0.717) is 23.1 Å². The molecule has 4 aromatic rings. The highest BCUT2D eigenvalue weighted by atomic mass is 32.2. The standard InChI is InChI=1S/C25H24N4O2S/c1-18-27-28-25(29(18)17-19-10-5-3-6-11-19)32-23(20-12-7-4-8-13-20)24(30)26-21-14-9-15-22(16-21)31-2/h3-16,23H,17H2,1-2H3,(H,26,30). The van der Waals surface area contributed by atoms with Crippen molar-refractivity contribution in [3.63, 3.8) is 0 Å². The first-order valence-corrected chi connectivity index (χ1v) is 11.1. The molecule has 7 heteroatoms. The lowest BCUT2D eigenvalue weighted by Gasteiger charge is -2.18. The first kappa shape index (κ1) is 21.6. The predicted molar refractivity (Wildman–Crippen MR) is 127 cm³/mol. The molecule has 3 aromatic carbocycles. The first-order valence-electron chi connectivity index (χ1n) is 10.2. The largest absolute Gasteiger partial charge is 0.497 e. The third kappa shape index (κ3) is 5.18. The SMILES string of the molecule is COc1cccc(NC(=O)C(Sc2nnc(C)n2Cc2ccccc2)c2ccccc2)c1. The summed E-state index contributed by atoms with van der Waals surface area (Å²) in [5.74, 6) is 1.35. The minimum atomic E-state index is -0.500. The molecular weight excluding hydrogens is 420 g/mol. The van der Waals surface area contributed by atoms with E-state index in [1.54, 1.807) is 13.2 Å². The molecule has 0 aliphatic heterocycles. The van der Waals surface area contributed by atoms with Gasteiger partial charge in [0.1, 0.15) is 16.8 Å². The lowest BCUT2D eigenvalue weighted by Crippen LogP contribution is -2.19. The minimum absolute atomic E-state index is 0.138. The van der Waals surface area contributed by atoms with Crippen molar-refractivity contribution in [1.29, 1.82) is 0 Å². The van der Waals surface area contributed by atoms with Crippen molar-refractivity contribution in [2.45, 2.75) is 23.9 Å². The summed E-state index contributed by atoms with van der Waals surface area (Å²) in [4.78, 5) is 13.4. The topological polar surface area (TPSA) is 69.0 Å². The average Bonchev–Trinajstić information content (AvgIpc) is 3.17. The Balaban J connectivity index is 1.62. The van der Waals surface area contributed by atoms with Gasteiger partial charge in [0.25, 0.3) is 0 Å². The zero-order valence-corrected chi connectivity index (χ0v) is 18.8. The number of methoxy groups -OCH3 is 1. The maximum absolute atomic E-state index is 13.4. The highest BCUT2D eigenvalue weighted by Gasteiger charge is 2.25. The van der Waals surface area contributed by atoms with Crippen LogP contribution in [0.15, 0.2) is 90.1 Å². The zero-order chi connectivity index (χ0) is 22.3. The molecule has 1 atom stereocenters. The number of nitrogens with one attached hydrogen (secondary N) is 1. The summed E-state index contributed by atoms with van der Waals surface area (Å²) in [7, 11) is 1.60. The van der Waals surface area contributed by atoms with E-state index >= 15 is 0 Å². The van der Waals surface area contributed by atoms with Crippen molar-refractivity contribution in [2.75, 3.05) is 12.4 Å². The van der Waals surface area contributed by atoms with Gasteiger partial charge in [0.05, 0.1) is 13.7 Å². The normalized spacial score (nSPS) is 11.7. The summed E-state index contributed by atoms with van der Waals surface area (Å²) in [6.45, 7) is 2.56. The molecule has 4 rings (SSSR count). The van der Waals surface area contributed by atoms with E-state index in [-0.39, 0.29) is 5.91 Å². The van der Waals surface area contributed by atoms with Crippen LogP contribution in [0.2, 0.25) is 0 Å². The lowest BCUT2D eigenvalue weighted by molar-refractivity contribution is -0.115. The Kier molecular flexibility index (Phi) is 6.87. The van der Waals surface area contributed by atoms with Crippen LogP contribution >= 0.6 is 11.8 Å². The quantitative estimate of drug-likeness (QED) is 0.382. The van der Waals surface area contributed by atoms with Crippen LogP contribution in [0.4, 0.5) is 5.69 Å². The van der Waals surface area contributed by atoms with Crippen molar-refractivity contribution >= 4 is 23.4 Å². The Bertz CT molecular complexity index is 1180. The van der Waals surface area contributed by atoms with Crippen LogP contribution in [0, 0.1) is 6.92 Å². The number of aromatic nitrogens is 3. The number of thioether (sulfide) groups is 1. The molecule has 0 saturated heterocycles. The predicted octanol–water partition coefficient (Wildman–Crippen LogP) is 5.12. The smallest absolute Gasteiger partial charge is 0.242 e. The van der Waals surface area contributed by atoms with E-state index in [0.717, 1.165) is 17.0 Å². The van der Waals surface area contributed by atoms with Gasteiger partial charge < -0.3 is 14.6 Å². The van der Waals surface area contributed by atoms with Gasteiger partial charge in [0.2, 0.25) is 5.91 Å². The van der Waals surface area contributed by atoms with E-state index in [2.05, 4.69) is 27.6 Å². The number of hydrogen-bond donors (Lipinski definition) is 1. The van der Waals surface area contributed by atoms with Crippen molar-refractivity contribution in [2.24, 2.45) is 0 Å². The fourth-order valence-electron chi connectivity index (χ4n) is 3.31. The maximum Gasteiger partial charge on any atom is 0.242 e. The molecule has 6 nitrogen and oxygen atoms in total. The average molecular weight is 445 g/mol. The molecule has 0 aliphatic carbocycles. The van der Waals surface area contributed by atoms with Gasteiger partial charge in [-0.3, -0.25) is 4.79 Å². The van der Waals surface area contributed by atoms with Crippen LogP contribution in [0.1, 0.15) is 22.2 Å². The van der Waals surface area contributed by atoms with E-state index in [4.69, 9.17) is 4.74 Å². The molecule has 1 amide bonds.